The van der Waals surface area contributed by atoms with E-state index in [0.717, 1.165) is 16.6 Å². The van der Waals surface area contributed by atoms with Crippen molar-refractivity contribution in [2.75, 3.05) is 37.6 Å². The van der Waals surface area contributed by atoms with E-state index in [2.05, 4.69) is 15.3 Å². The number of hydrogen-bond donors (Lipinski definition) is 4. The van der Waals surface area contributed by atoms with Gasteiger partial charge >= 0.3 is 5.97 Å². The highest BCUT2D eigenvalue weighted by Crippen LogP contribution is 2.40. The molecule has 0 amide bonds. The third-order valence-corrected chi connectivity index (χ3v) is 4.33. The zero-order valence-electron chi connectivity index (χ0n) is 17.5. The van der Waals surface area contributed by atoms with Gasteiger partial charge in [-0.1, -0.05) is 6.07 Å². The second-order valence-corrected chi connectivity index (χ2v) is 6.37. The van der Waals surface area contributed by atoms with Crippen LogP contribution in [0.5, 0.6) is 17.2 Å². The fourth-order valence-corrected chi connectivity index (χ4v) is 2.90. The average Bonchev–Trinajstić information content (AvgIpc) is 2.72. The summed E-state index contributed by atoms with van der Waals surface area (Å²) in [7, 11) is 3.00. The van der Waals surface area contributed by atoms with Gasteiger partial charge in [0.25, 0.3) is 0 Å². The largest absolute Gasteiger partial charge is 0.493 e. The molecule has 32 heavy (non-hydrogen) atoms. The van der Waals surface area contributed by atoms with Crippen LogP contribution >= 0.6 is 24.8 Å². The Bertz CT molecular complexity index is 1060. The van der Waals surface area contributed by atoms with Gasteiger partial charge in [0.2, 0.25) is 11.7 Å². The summed E-state index contributed by atoms with van der Waals surface area (Å²) in [5, 5.41) is 12.8. The fourth-order valence-electron chi connectivity index (χ4n) is 2.90. The number of methoxy groups -OCH3 is 2. The summed E-state index contributed by atoms with van der Waals surface area (Å²) < 4.78 is 16.3. The first kappa shape index (κ1) is 26.7. The number of aromatic nitrogens is 2. The Labute approximate surface area is 197 Å². The van der Waals surface area contributed by atoms with Crippen LogP contribution in [0.15, 0.2) is 30.3 Å². The molecular formula is C20H25Cl2N5O5. The summed E-state index contributed by atoms with van der Waals surface area (Å²) in [4.78, 5) is 18.9. The van der Waals surface area contributed by atoms with Gasteiger partial charge in [-0.15, -0.1) is 24.8 Å². The Balaban J connectivity index is 0.00000256. The van der Waals surface area contributed by atoms with Gasteiger partial charge in [0.05, 0.1) is 32.8 Å². The lowest BCUT2D eigenvalue weighted by Crippen LogP contribution is -2.07. The average molecular weight is 486 g/mol. The number of hydrogen-bond acceptors (Lipinski definition) is 9. The normalized spacial score (nSPS) is 9.94. The van der Waals surface area contributed by atoms with Crippen LogP contribution in [0.4, 0.5) is 17.5 Å². The van der Waals surface area contributed by atoms with E-state index in [-0.39, 0.29) is 43.8 Å². The van der Waals surface area contributed by atoms with Gasteiger partial charge in [-0.05, 0) is 17.7 Å². The van der Waals surface area contributed by atoms with Crippen molar-refractivity contribution in [1.82, 2.24) is 9.97 Å². The number of benzene rings is 2. The summed E-state index contributed by atoms with van der Waals surface area (Å²) in [6, 6.07) is 9.14. The first-order valence-electron chi connectivity index (χ1n) is 9.07. The summed E-state index contributed by atoms with van der Waals surface area (Å²) in [5.74, 6) is 0.708. The molecule has 174 valence electrons. The highest BCUT2D eigenvalue weighted by atomic mass is 35.5. The van der Waals surface area contributed by atoms with Crippen LogP contribution in [0, 0.1) is 0 Å². The van der Waals surface area contributed by atoms with E-state index in [9.17, 15) is 4.79 Å². The molecule has 1 heterocycles. The number of carboxylic acids is 1. The SMILES string of the molecule is COc1cc(NCc2ccc3nc(N)nc(N)c3c2)cc(OC)c1OCCC(=O)O.Cl.Cl. The number of carbonyl (C=O) groups is 1. The van der Waals surface area contributed by atoms with Gasteiger partial charge in [-0.3, -0.25) is 4.79 Å². The molecule has 6 N–H and O–H groups in total. The number of nitrogens with two attached hydrogens (primary N) is 2. The zero-order chi connectivity index (χ0) is 21.7. The number of nitrogens with zero attached hydrogens (tertiary/aromatic N) is 2. The van der Waals surface area contributed by atoms with Crippen LogP contribution < -0.4 is 31.0 Å². The van der Waals surface area contributed by atoms with Crippen molar-refractivity contribution in [2.45, 2.75) is 13.0 Å². The van der Waals surface area contributed by atoms with Crippen molar-refractivity contribution in [3.8, 4) is 17.2 Å². The first-order chi connectivity index (χ1) is 14.4. The summed E-state index contributed by atoms with van der Waals surface area (Å²) in [6.07, 6.45) is -0.132. The Morgan fingerprint density at radius 1 is 1.06 bits per heavy atom. The minimum absolute atomic E-state index is 0. The van der Waals surface area contributed by atoms with Crippen LogP contribution in [0.3, 0.4) is 0 Å². The van der Waals surface area contributed by atoms with Crippen LogP contribution in [-0.4, -0.2) is 41.9 Å². The van der Waals surface area contributed by atoms with E-state index in [0.29, 0.717) is 35.1 Å². The predicted molar refractivity (Wildman–Crippen MR) is 127 cm³/mol. The highest BCUT2D eigenvalue weighted by Gasteiger charge is 2.15. The number of halogens is 2. The molecule has 2 aromatic carbocycles. The maximum Gasteiger partial charge on any atom is 0.306 e. The molecule has 0 aliphatic carbocycles. The first-order valence-corrected chi connectivity index (χ1v) is 9.07. The van der Waals surface area contributed by atoms with Crippen LogP contribution in [0.25, 0.3) is 10.9 Å². The van der Waals surface area contributed by atoms with E-state index < -0.39 is 5.97 Å². The predicted octanol–water partition coefficient (Wildman–Crippen LogP) is 3.12. The number of aliphatic carboxylic acids is 1. The van der Waals surface area contributed by atoms with E-state index in [4.69, 9.17) is 30.8 Å². The fraction of sp³-hybridized carbons (Fsp3) is 0.250. The molecule has 0 saturated carbocycles. The molecule has 0 saturated heterocycles. The number of nitrogen functional groups attached to an aromatic ring is 2. The molecule has 0 bridgehead atoms. The molecule has 3 aromatic rings. The maximum atomic E-state index is 10.7. The zero-order valence-corrected chi connectivity index (χ0v) is 19.1. The number of rotatable bonds is 9. The van der Waals surface area contributed by atoms with Crippen molar-refractivity contribution >= 4 is 59.1 Å². The van der Waals surface area contributed by atoms with Gasteiger partial charge in [0.1, 0.15) is 5.82 Å². The Hall–Kier alpha value is -3.37. The standard InChI is InChI=1S/C20H23N5O5.2ClH/c1-28-15-8-12(9-16(29-2)18(15)30-6-5-17(26)27)23-10-11-3-4-14-13(7-11)19(21)25-20(22)24-14;;/h3-4,7-9,23H,5-6,10H2,1-2H3,(H,26,27)(H4,21,22,24,25);2*1H. The Morgan fingerprint density at radius 2 is 1.72 bits per heavy atom. The molecular weight excluding hydrogens is 461 g/mol. The molecule has 0 spiro atoms. The van der Waals surface area contributed by atoms with Crippen molar-refractivity contribution < 1.29 is 24.1 Å². The van der Waals surface area contributed by atoms with E-state index in [1.165, 1.54) is 14.2 Å². The number of ether oxygens (including phenoxy) is 3. The molecule has 0 aliphatic heterocycles. The van der Waals surface area contributed by atoms with Gasteiger partial charge in [0, 0.05) is 29.8 Å². The summed E-state index contributed by atoms with van der Waals surface area (Å²) in [5.41, 5.74) is 13.9. The lowest BCUT2D eigenvalue weighted by molar-refractivity contribution is -0.137. The van der Waals surface area contributed by atoms with Gasteiger partial charge in [-0.25, -0.2) is 4.98 Å². The van der Waals surface area contributed by atoms with Gasteiger partial charge in [0.15, 0.2) is 11.5 Å². The smallest absolute Gasteiger partial charge is 0.306 e. The van der Waals surface area contributed by atoms with Crippen molar-refractivity contribution in [1.29, 1.82) is 0 Å². The number of carboxylic acid groups (broad SMARTS) is 1. The molecule has 0 atom stereocenters. The second-order valence-electron chi connectivity index (χ2n) is 6.37. The second kappa shape index (κ2) is 11.9. The molecule has 1 aromatic heterocycles. The molecule has 12 heteroatoms. The van der Waals surface area contributed by atoms with Crippen molar-refractivity contribution in [3.63, 3.8) is 0 Å². The van der Waals surface area contributed by atoms with E-state index >= 15 is 0 Å². The maximum absolute atomic E-state index is 10.7. The summed E-state index contributed by atoms with van der Waals surface area (Å²) >= 11 is 0. The molecule has 0 fully saturated rings. The number of anilines is 3. The minimum atomic E-state index is -0.949. The topological polar surface area (TPSA) is 155 Å². The van der Waals surface area contributed by atoms with Crippen LogP contribution in [-0.2, 0) is 11.3 Å². The van der Waals surface area contributed by atoms with Crippen molar-refractivity contribution in [2.24, 2.45) is 0 Å². The molecule has 10 nitrogen and oxygen atoms in total. The van der Waals surface area contributed by atoms with E-state index in [1.54, 1.807) is 12.1 Å². The van der Waals surface area contributed by atoms with Crippen LogP contribution in [0.2, 0.25) is 0 Å². The molecule has 3 rings (SSSR count). The molecule has 0 unspecified atom stereocenters. The highest BCUT2D eigenvalue weighted by molar-refractivity contribution is 5.89. The third kappa shape index (κ3) is 6.32. The lowest BCUT2D eigenvalue weighted by atomic mass is 10.1. The summed E-state index contributed by atoms with van der Waals surface area (Å²) in [6.45, 7) is 0.491. The minimum Gasteiger partial charge on any atom is -0.493 e. The number of fused-ring (bicyclic) bond motifs is 1. The molecule has 0 aliphatic rings. The molecule has 0 radical (unpaired) electrons. The quantitative estimate of drug-likeness (QED) is 0.355. The Kier molecular flexibility index (Phi) is 9.89. The van der Waals surface area contributed by atoms with E-state index in [1.807, 2.05) is 18.2 Å². The van der Waals surface area contributed by atoms with Gasteiger partial charge < -0.3 is 36.1 Å². The Morgan fingerprint density at radius 3 is 2.31 bits per heavy atom. The third-order valence-electron chi connectivity index (χ3n) is 4.33. The number of nitrogens with one attached hydrogen (secondary N) is 1. The van der Waals surface area contributed by atoms with Gasteiger partial charge in [-0.2, -0.15) is 4.98 Å². The van der Waals surface area contributed by atoms with Crippen LogP contribution in [0.1, 0.15) is 12.0 Å². The lowest BCUT2D eigenvalue weighted by Gasteiger charge is -2.16. The monoisotopic (exact) mass is 485 g/mol. The van der Waals surface area contributed by atoms with Crippen molar-refractivity contribution in [3.05, 3.63) is 35.9 Å².